The third kappa shape index (κ3) is 5.05. The number of ketones is 1. The molecule has 0 aromatic heterocycles. The third-order valence-corrected chi connectivity index (χ3v) is 6.49. The fraction of sp³-hybridized carbons (Fsp3) is 0.545. The summed E-state index contributed by atoms with van der Waals surface area (Å²) in [6.07, 6.45) is 2.36. The molecule has 2 heterocycles. The number of hydrogen-bond acceptors (Lipinski definition) is 6. The quantitative estimate of drug-likeness (QED) is 0.347. The van der Waals surface area contributed by atoms with E-state index in [2.05, 4.69) is 15.5 Å². The van der Waals surface area contributed by atoms with Crippen molar-refractivity contribution in [3.63, 3.8) is 0 Å². The van der Waals surface area contributed by atoms with Crippen LogP contribution in [-0.2, 0) is 9.59 Å². The minimum Gasteiger partial charge on any atom is -0.496 e. The first-order valence-electron chi connectivity index (χ1n) is 10.6. The van der Waals surface area contributed by atoms with Crippen LogP contribution in [0.1, 0.15) is 43.0 Å². The number of alkyl halides is 1. The van der Waals surface area contributed by atoms with Gasteiger partial charge in [-0.2, -0.15) is 0 Å². The lowest BCUT2D eigenvalue weighted by Gasteiger charge is -2.37. The van der Waals surface area contributed by atoms with E-state index < -0.39 is 10.9 Å². The minimum atomic E-state index is -0.771. The number of Topliss-reactive ketones (excluding diaryl/α,β-unsaturated/α-hetero) is 1. The highest BCUT2D eigenvalue weighted by Crippen LogP contribution is 2.30. The summed E-state index contributed by atoms with van der Waals surface area (Å²) in [6.45, 7) is 3.55. The molecule has 1 aromatic carbocycles. The van der Waals surface area contributed by atoms with Crippen LogP contribution in [-0.4, -0.2) is 78.1 Å². The molecular weight excluding hydrogens is 436 g/mol. The van der Waals surface area contributed by atoms with Gasteiger partial charge in [0.15, 0.2) is 5.78 Å². The van der Waals surface area contributed by atoms with Crippen molar-refractivity contribution in [2.45, 2.75) is 43.5 Å². The predicted molar refractivity (Wildman–Crippen MR) is 120 cm³/mol. The number of rotatable bonds is 8. The van der Waals surface area contributed by atoms with E-state index in [1.807, 2.05) is 0 Å². The number of anilines is 1. The molecule has 2 fully saturated rings. The summed E-state index contributed by atoms with van der Waals surface area (Å²) in [5, 5.41) is 4.79. The van der Waals surface area contributed by atoms with Gasteiger partial charge in [0.25, 0.3) is 5.91 Å². The Morgan fingerprint density at radius 3 is 2.53 bits per heavy atom. The maximum absolute atomic E-state index is 12.8. The van der Waals surface area contributed by atoms with Crippen LogP contribution < -0.4 is 15.4 Å². The molecule has 174 valence electrons. The van der Waals surface area contributed by atoms with Crippen molar-refractivity contribution < 1.29 is 23.9 Å². The molecule has 1 unspecified atom stereocenters. The van der Waals surface area contributed by atoms with Crippen LogP contribution in [0.5, 0.6) is 5.75 Å². The number of benzene rings is 1. The summed E-state index contributed by atoms with van der Waals surface area (Å²) in [6, 6.07) is 4.51. The van der Waals surface area contributed by atoms with Gasteiger partial charge in [0, 0.05) is 38.8 Å². The first-order valence-corrected chi connectivity index (χ1v) is 11.1. The van der Waals surface area contributed by atoms with E-state index in [-0.39, 0.29) is 23.6 Å². The predicted octanol–water partition coefficient (Wildman–Crippen LogP) is 2.24. The number of halogens is 1. The van der Waals surface area contributed by atoms with Crippen molar-refractivity contribution in [3.8, 4) is 5.75 Å². The van der Waals surface area contributed by atoms with E-state index >= 15 is 0 Å². The van der Waals surface area contributed by atoms with Crippen LogP contribution in [0.15, 0.2) is 18.2 Å². The number of likely N-dealkylation sites (tertiary alicyclic amines) is 1. The molecule has 0 aliphatic carbocycles. The number of imide groups is 1. The highest BCUT2D eigenvalue weighted by atomic mass is 35.5. The number of nitrogens with one attached hydrogen (secondary N) is 2. The number of likely N-dealkylation sites (N-methyl/N-ethyl adjacent to an activating group) is 1. The molecule has 32 heavy (non-hydrogen) atoms. The van der Waals surface area contributed by atoms with Gasteiger partial charge in [-0.05, 0) is 44.4 Å². The van der Waals surface area contributed by atoms with E-state index in [4.69, 9.17) is 16.3 Å². The molecule has 2 aliphatic heterocycles. The molecular formula is C22H29ClN4O5. The highest BCUT2D eigenvalue weighted by Gasteiger charge is 2.50. The molecule has 3 rings (SSSR count). The molecule has 0 saturated carbocycles. The Bertz CT molecular complexity index is 914. The highest BCUT2D eigenvalue weighted by molar-refractivity contribution is 6.34. The number of methoxy groups -OCH3 is 1. The van der Waals surface area contributed by atoms with Crippen LogP contribution >= 0.6 is 11.6 Å². The van der Waals surface area contributed by atoms with Gasteiger partial charge in [-0.15, -0.1) is 11.6 Å². The largest absolute Gasteiger partial charge is 0.496 e. The Balaban J connectivity index is 1.49. The van der Waals surface area contributed by atoms with Crippen LogP contribution in [0.3, 0.4) is 0 Å². The summed E-state index contributed by atoms with van der Waals surface area (Å²) >= 11 is 6.40. The molecule has 1 atom stereocenters. The van der Waals surface area contributed by atoms with Gasteiger partial charge in [-0.3, -0.25) is 19.3 Å². The first kappa shape index (κ1) is 24.0. The summed E-state index contributed by atoms with van der Waals surface area (Å²) in [7, 11) is 2.96. The van der Waals surface area contributed by atoms with Crippen molar-refractivity contribution in [2.75, 3.05) is 39.1 Å². The Labute approximate surface area is 192 Å². The number of amides is 4. The fourth-order valence-corrected chi connectivity index (χ4v) is 4.49. The number of piperidine rings is 1. The van der Waals surface area contributed by atoms with E-state index in [0.717, 1.165) is 17.9 Å². The lowest BCUT2D eigenvalue weighted by atomic mass is 9.87. The zero-order chi connectivity index (χ0) is 23.5. The fourth-order valence-electron chi connectivity index (χ4n) is 4.22. The molecule has 1 aromatic rings. The van der Waals surface area contributed by atoms with Crippen molar-refractivity contribution in [3.05, 3.63) is 23.8 Å². The Kier molecular flexibility index (Phi) is 7.40. The smallest absolute Gasteiger partial charge is 0.324 e. The van der Waals surface area contributed by atoms with Gasteiger partial charge < -0.3 is 20.3 Å². The second-order valence-corrected chi connectivity index (χ2v) is 8.82. The second kappa shape index (κ2) is 9.87. The van der Waals surface area contributed by atoms with Crippen molar-refractivity contribution >= 4 is 40.9 Å². The number of nitrogens with zero attached hydrogens (tertiary/aromatic N) is 2. The van der Waals surface area contributed by atoms with E-state index in [1.165, 1.54) is 21.1 Å². The van der Waals surface area contributed by atoms with Gasteiger partial charge in [-0.1, -0.05) is 0 Å². The van der Waals surface area contributed by atoms with Crippen LogP contribution in [0.2, 0.25) is 0 Å². The number of carbonyl (C=O) groups excluding carboxylic acids is 4. The van der Waals surface area contributed by atoms with Crippen molar-refractivity contribution in [1.29, 1.82) is 0 Å². The van der Waals surface area contributed by atoms with Crippen molar-refractivity contribution in [1.82, 2.24) is 15.1 Å². The normalized spacial score (nSPS) is 19.1. The molecule has 4 amide bonds. The average molecular weight is 465 g/mol. The zero-order valence-electron chi connectivity index (χ0n) is 18.6. The lowest BCUT2D eigenvalue weighted by molar-refractivity contribution is -0.132. The molecule has 1 spiro atoms. The van der Waals surface area contributed by atoms with Crippen LogP contribution in [0, 0.1) is 0 Å². The molecule has 2 aliphatic rings. The maximum Gasteiger partial charge on any atom is 0.324 e. The Morgan fingerprint density at radius 2 is 1.97 bits per heavy atom. The number of ether oxygens (including phenoxy) is 1. The Morgan fingerprint density at radius 1 is 1.28 bits per heavy atom. The second-order valence-electron chi connectivity index (χ2n) is 8.29. The summed E-state index contributed by atoms with van der Waals surface area (Å²) in [5.41, 5.74) is 0.150. The molecule has 9 nitrogen and oxygen atoms in total. The topological polar surface area (TPSA) is 108 Å². The van der Waals surface area contributed by atoms with Crippen LogP contribution in [0.4, 0.5) is 10.5 Å². The van der Waals surface area contributed by atoms with Gasteiger partial charge in [-0.25, -0.2) is 4.79 Å². The SMILES string of the molecule is COc1cc(NC(C)=O)ccc1C(=O)C(Cl)CCCN1CCC2(CC1)NC(=O)N(C)C2=O. The van der Waals surface area contributed by atoms with Gasteiger partial charge in [0.1, 0.15) is 11.3 Å². The standard InChI is InChI=1S/C22H29ClN4O5/c1-14(28)24-15-6-7-16(18(13-15)32-3)19(29)17(23)5-4-10-27-11-8-22(9-12-27)20(30)26(2)21(31)25-22/h6-7,13,17H,4-5,8-12H2,1-3H3,(H,24,28)(H,25,31). The summed E-state index contributed by atoms with van der Waals surface area (Å²) < 4.78 is 5.31. The molecule has 0 radical (unpaired) electrons. The average Bonchev–Trinajstić information content (AvgIpc) is 2.97. The maximum atomic E-state index is 12.8. The molecule has 2 N–H and O–H groups in total. The number of hydrogen-bond donors (Lipinski definition) is 2. The zero-order valence-corrected chi connectivity index (χ0v) is 19.3. The van der Waals surface area contributed by atoms with Crippen LogP contribution in [0.25, 0.3) is 0 Å². The Hall–Kier alpha value is -2.65. The summed E-state index contributed by atoms with van der Waals surface area (Å²) in [5.74, 6) is -0.233. The lowest BCUT2D eigenvalue weighted by Crippen LogP contribution is -2.54. The monoisotopic (exact) mass is 464 g/mol. The molecule has 2 saturated heterocycles. The van der Waals surface area contributed by atoms with Gasteiger partial charge in [0.2, 0.25) is 5.91 Å². The summed E-state index contributed by atoms with van der Waals surface area (Å²) in [4.78, 5) is 51.6. The third-order valence-electron chi connectivity index (χ3n) is 6.08. The number of urea groups is 1. The molecule has 0 bridgehead atoms. The molecule has 10 heteroatoms. The van der Waals surface area contributed by atoms with E-state index in [9.17, 15) is 19.2 Å². The van der Waals surface area contributed by atoms with E-state index in [1.54, 1.807) is 18.2 Å². The van der Waals surface area contributed by atoms with Gasteiger partial charge in [0.05, 0.1) is 18.1 Å². The van der Waals surface area contributed by atoms with E-state index in [0.29, 0.717) is 49.4 Å². The van der Waals surface area contributed by atoms with Gasteiger partial charge >= 0.3 is 6.03 Å². The van der Waals surface area contributed by atoms with Crippen molar-refractivity contribution in [2.24, 2.45) is 0 Å². The minimum absolute atomic E-state index is 0.160. The first-order chi connectivity index (χ1) is 15.2. The number of carbonyl (C=O) groups is 4.